The molecule has 0 amide bonds. The Morgan fingerprint density at radius 3 is 2.63 bits per heavy atom. The highest BCUT2D eigenvalue weighted by Gasteiger charge is 2.00. The van der Waals surface area contributed by atoms with Gasteiger partial charge in [-0.25, -0.2) is 0 Å². The maximum Gasteiger partial charge on any atom is 0.101 e. The number of anilines is 2. The van der Waals surface area contributed by atoms with Crippen LogP contribution in [0.4, 0.5) is 11.4 Å². The maximum absolute atomic E-state index is 8.90. The van der Waals surface area contributed by atoms with Gasteiger partial charge in [0.2, 0.25) is 0 Å². The number of rotatable bonds is 3. The van der Waals surface area contributed by atoms with E-state index in [0.717, 1.165) is 11.3 Å². The van der Waals surface area contributed by atoms with E-state index in [-0.39, 0.29) is 0 Å². The highest BCUT2D eigenvalue weighted by atomic mass is 14.9. The second-order valence-corrected chi connectivity index (χ2v) is 4.08. The van der Waals surface area contributed by atoms with E-state index >= 15 is 0 Å². The Hall–Kier alpha value is -2.98. The molecule has 0 bridgehead atoms. The molecule has 0 aliphatic rings. The lowest BCUT2D eigenvalue weighted by molar-refractivity contribution is 1.15. The standard InChI is InChI=1S/C15H12N4/c16-8-11-2-1-3-12(6-11)10-19-14-4-5-15(18)13(7-14)9-17/h1-7,19H,10,18H2. The molecule has 2 rings (SSSR count). The summed E-state index contributed by atoms with van der Waals surface area (Å²) >= 11 is 0. The zero-order valence-electron chi connectivity index (χ0n) is 10.2. The summed E-state index contributed by atoms with van der Waals surface area (Å²) in [6, 6.07) is 16.8. The molecule has 19 heavy (non-hydrogen) atoms. The Balaban J connectivity index is 2.11. The Morgan fingerprint density at radius 1 is 1.05 bits per heavy atom. The molecule has 3 N–H and O–H groups in total. The molecular formula is C15H12N4. The van der Waals surface area contributed by atoms with Crippen molar-refractivity contribution in [1.29, 1.82) is 10.5 Å². The van der Waals surface area contributed by atoms with Crippen molar-refractivity contribution in [3.63, 3.8) is 0 Å². The first kappa shape index (κ1) is 12.5. The van der Waals surface area contributed by atoms with Crippen LogP contribution in [-0.2, 0) is 6.54 Å². The second kappa shape index (κ2) is 5.57. The quantitative estimate of drug-likeness (QED) is 0.817. The van der Waals surface area contributed by atoms with Crippen molar-refractivity contribution < 1.29 is 0 Å². The topological polar surface area (TPSA) is 85.6 Å². The summed E-state index contributed by atoms with van der Waals surface area (Å²) in [5.74, 6) is 0. The molecular weight excluding hydrogens is 236 g/mol. The lowest BCUT2D eigenvalue weighted by atomic mass is 10.1. The van der Waals surface area contributed by atoms with Crippen LogP contribution in [0.25, 0.3) is 0 Å². The third kappa shape index (κ3) is 3.02. The molecule has 0 saturated heterocycles. The Morgan fingerprint density at radius 2 is 1.89 bits per heavy atom. The van der Waals surface area contributed by atoms with Gasteiger partial charge in [0.05, 0.1) is 17.2 Å². The largest absolute Gasteiger partial charge is 0.398 e. The van der Waals surface area contributed by atoms with Gasteiger partial charge >= 0.3 is 0 Å². The smallest absolute Gasteiger partial charge is 0.101 e. The number of hydrogen-bond acceptors (Lipinski definition) is 4. The van der Waals surface area contributed by atoms with Gasteiger partial charge in [0.25, 0.3) is 0 Å². The molecule has 0 saturated carbocycles. The minimum atomic E-state index is 0.454. The predicted molar refractivity (Wildman–Crippen MR) is 74.1 cm³/mol. The fraction of sp³-hybridized carbons (Fsp3) is 0.0667. The van der Waals surface area contributed by atoms with Crippen LogP contribution >= 0.6 is 0 Å². The molecule has 92 valence electrons. The molecule has 2 aromatic carbocycles. The van der Waals surface area contributed by atoms with E-state index in [1.54, 1.807) is 18.2 Å². The first-order chi connectivity index (χ1) is 9.22. The molecule has 0 unspecified atom stereocenters. The lowest BCUT2D eigenvalue weighted by Crippen LogP contribution is -2.01. The number of nitrogens with zero attached hydrogens (tertiary/aromatic N) is 2. The van der Waals surface area contributed by atoms with Crippen molar-refractivity contribution in [2.24, 2.45) is 0 Å². The summed E-state index contributed by atoms with van der Waals surface area (Å²) in [5, 5.41) is 20.9. The van der Waals surface area contributed by atoms with E-state index in [1.165, 1.54) is 0 Å². The second-order valence-electron chi connectivity index (χ2n) is 4.08. The van der Waals surface area contributed by atoms with Crippen molar-refractivity contribution >= 4 is 11.4 Å². The van der Waals surface area contributed by atoms with Crippen molar-refractivity contribution in [3.05, 3.63) is 59.2 Å². The Labute approximate surface area is 111 Å². The van der Waals surface area contributed by atoms with Crippen LogP contribution in [0, 0.1) is 22.7 Å². The van der Waals surface area contributed by atoms with Crippen molar-refractivity contribution in [2.45, 2.75) is 6.54 Å². The van der Waals surface area contributed by atoms with Crippen molar-refractivity contribution in [1.82, 2.24) is 0 Å². The summed E-state index contributed by atoms with van der Waals surface area (Å²) in [7, 11) is 0. The van der Waals surface area contributed by atoms with Gasteiger partial charge in [0.1, 0.15) is 6.07 Å². The van der Waals surface area contributed by atoms with Gasteiger partial charge in [0, 0.05) is 17.9 Å². The summed E-state index contributed by atoms with van der Waals surface area (Å²) in [6.45, 7) is 0.588. The van der Waals surface area contributed by atoms with E-state index in [4.69, 9.17) is 16.3 Å². The van der Waals surface area contributed by atoms with Gasteiger partial charge in [-0.15, -0.1) is 0 Å². The molecule has 0 aliphatic heterocycles. The average Bonchev–Trinajstić information content (AvgIpc) is 2.46. The average molecular weight is 248 g/mol. The van der Waals surface area contributed by atoms with E-state index in [2.05, 4.69) is 11.4 Å². The van der Waals surface area contributed by atoms with Gasteiger partial charge in [-0.2, -0.15) is 10.5 Å². The minimum Gasteiger partial charge on any atom is -0.398 e. The van der Waals surface area contributed by atoms with Crippen molar-refractivity contribution in [3.8, 4) is 12.1 Å². The fourth-order valence-corrected chi connectivity index (χ4v) is 1.72. The normalized spacial score (nSPS) is 9.37. The van der Waals surface area contributed by atoms with Crippen LogP contribution in [0.1, 0.15) is 16.7 Å². The van der Waals surface area contributed by atoms with Gasteiger partial charge in [0.15, 0.2) is 0 Å². The predicted octanol–water partition coefficient (Wildman–Crippen LogP) is 2.62. The number of nitrogens with one attached hydrogen (secondary N) is 1. The molecule has 0 aromatic heterocycles. The zero-order chi connectivity index (χ0) is 13.7. The van der Waals surface area contributed by atoms with Gasteiger partial charge in [-0.1, -0.05) is 12.1 Å². The number of hydrogen-bond donors (Lipinski definition) is 2. The first-order valence-corrected chi connectivity index (χ1v) is 5.75. The zero-order valence-corrected chi connectivity index (χ0v) is 10.2. The van der Waals surface area contributed by atoms with E-state index < -0.39 is 0 Å². The van der Waals surface area contributed by atoms with Gasteiger partial charge in [-0.05, 0) is 35.9 Å². The summed E-state index contributed by atoms with van der Waals surface area (Å²) in [4.78, 5) is 0. The lowest BCUT2D eigenvalue weighted by Gasteiger charge is -2.08. The van der Waals surface area contributed by atoms with Crippen LogP contribution in [0.5, 0.6) is 0 Å². The van der Waals surface area contributed by atoms with Crippen LogP contribution in [0.3, 0.4) is 0 Å². The number of nitrogens with two attached hydrogens (primary N) is 1. The molecule has 0 fully saturated rings. The molecule has 2 aromatic rings. The molecule has 4 heteroatoms. The number of nitriles is 2. The molecule has 0 spiro atoms. The SMILES string of the molecule is N#Cc1cccc(CNc2ccc(N)c(C#N)c2)c1. The third-order valence-corrected chi connectivity index (χ3v) is 2.73. The van der Waals surface area contributed by atoms with E-state index in [9.17, 15) is 0 Å². The Bertz CT molecular complexity index is 677. The molecule has 0 aliphatic carbocycles. The molecule has 0 atom stereocenters. The number of benzene rings is 2. The third-order valence-electron chi connectivity index (χ3n) is 2.73. The van der Waals surface area contributed by atoms with Crippen LogP contribution < -0.4 is 11.1 Å². The molecule has 0 heterocycles. The van der Waals surface area contributed by atoms with Crippen molar-refractivity contribution in [2.75, 3.05) is 11.1 Å². The highest BCUT2D eigenvalue weighted by Crippen LogP contribution is 2.17. The highest BCUT2D eigenvalue weighted by molar-refractivity contribution is 5.61. The summed E-state index contributed by atoms with van der Waals surface area (Å²) in [6.07, 6.45) is 0. The monoisotopic (exact) mass is 248 g/mol. The summed E-state index contributed by atoms with van der Waals surface area (Å²) in [5.41, 5.74) is 9.05. The Kier molecular flexibility index (Phi) is 3.66. The molecule has 4 nitrogen and oxygen atoms in total. The minimum absolute atomic E-state index is 0.454. The van der Waals surface area contributed by atoms with Crippen LogP contribution in [0.2, 0.25) is 0 Å². The van der Waals surface area contributed by atoms with Gasteiger partial charge < -0.3 is 11.1 Å². The van der Waals surface area contributed by atoms with Crippen LogP contribution in [0.15, 0.2) is 42.5 Å². The summed E-state index contributed by atoms with van der Waals surface area (Å²) < 4.78 is 0. The van der Waals surface area contributed by atoms with E-state index in [1.807, 2.05) is 30.3 Å². The molecule has 0 radical (unpaired) electrons. The van der Waals surface area contributed by atoms with Gasteiger partial charge in [-0.3, -0.25) is 0 Å². The van der Waals surface area contributed by atoms with E-state index in [0.29, 0.717) is 23.4 Å². The first-order valence-electron chi connectivity index (χ1n) is 5.75. The number of nitrogen functional groups attached to an aromatic ring is 1. The van der Waals surface area contributed by atoms with Crippen LogP contribution in [-0.4, -0.2) is 0 Å². The fourth-order valence-electron chi connectivity index (χ4n) is 1.72. The maximum atomic E-state index is 8.90.